The molecule has 0 heterocycles. The molecule has 0 atom stereocenters. The van der Waals surface area contributed by atoms with Crippen molar-refractivity contribution in [2.45, 2.75) is 0 Å². The Hall–Kier alpha value is -0.163. The number of thiocarbonyl (C=S) groups is 1. The average molecular weight is 127 g/mol. The maximum absolute atomic E-state index is 9.64. The van der Waals surface area contributed by atoms with E-state index < -0.39 is 5.17 Å². The molecule has 0 bridgehead atoms. The maximum Gasteiger partial charge on any atom is 0.251 e. The molecular formula is CH6FNOSSi. The molecule has 0 spiro atoms. The van der Waals surface area contributed by atoms with E-state index in [1.165, 1.54) is 0 Å². The van der Waals surface area contributed by atoms with Crippen molar-refractivity contribution in [2.24, 2.45) is 5.73 Å². The van der Waals surface area contributed by atoms with Gasteiger partial charge in [0.05, 0.1) is 0 Å². The monoisotopic (exact) mass is 127 g/mol. The van der Waals surface area contributed by atoms with Crippen molar-refractivity contribution >= 4 is 28.0 Å². The molecule has 2 nitrogen and oxygen atoms in total. The van der Waals surface area contributed by atoms with Crippen molar-refractivity contribution in [2.75, 3.05) is 0 Å². The van der Waals surface area contributed by atoms with Gasteiger partial charge < -0.3 is 14.9 Å². The molecule has 38 valence electrons. The van der Waals surface area contributed by atoms with E-state index in [1.54, 1.807) is 0 Å². The second kappa shape index (κ2) is 8.85. The topological polar surface area (TPSA) is 46.2 Å². The number of hydrogen-bond donors (Lipinski definition) is 2. The first-order valence-electron chi connectivity index (χ1n) is 1.09. The Morgan fingerprint density at radius 2 is 1.83 bits per heavy atom. The van der Waals surface area contributed by atoms with Gasteiger partial charge in [-0.25, -0.2) is 0 Å². The van der Waals surface area contributed by atoms with E-state index >= 15 is 0 Å². The van der Waals surface area contributed by atoms with E-state index in [0.717, 1.165) is 0 Å². The summed E-state index contributed by atoms with van der Waals surface area (Å²) >= 11 is 3.87. The third-order valence-electron chi connectivity index (χ3n) is 0. The van der Waals surface area contributed by atoms with Gasteiger partial charge in [-0.05, 0) is 12.2 Å². The van der Waals surface area contributed by atoms with E-state index in [9.17, 15) is 4.11 Å². The molecule has 0 aliphatic heterocycles. The van der Waals surface area contributed by atoms with Gasteiger partial charge in [-0.1, -0.05) is 0 Å². The van der Waals surface area contributed by atoms with Crippen molar-refractivity contribution < 1.29 is 9.21 Å². The highest BCUT2D eigenvalue weighted by Crippen LogP contribution is 1.40. The number of aliphatic hydroxyl groups excluding tert-OH is 1. The van der Waals surface area contributed by atoms with Gasteiger partial charge in [-0.2, -0.15) is 0 Å². The van der Waals surface area contributed by atoms with E-state index in [0.29, 0.717) is 0 Å². The minimum Gasteiger partial charge on any atom is -0.487 e. The molecule has 0 aliphatic rings. The van der Waals surface area contributed by atoms with Crippen LogP contribution in [0.4, 0.5) is 4.11 Å². The van der Waals surface area contributed by atoms with Gasteiger partial charge in [0.15, 0.2) is 0 Å². The van der Waals surface area contributed by atoms with Gasteiger partial charge in [-0.3, -0.25) is 0 Å². The van der Waals surface area contributed by atoms with E-state index in [4.69, 9.17) is 5.11 Å². The average Bonchev–Trinajstić information content (AvgIpc) is 1.41. The minimum absolute atomic E-state index is 0.194. The second-order valence-corrected chi connectivity index (χ2v) is 0.757. The van der Waals surface area contributed by atoms with E-state index in [-0.39, 0.29) is 10.6 Å². The van der Waals surface area contributed by atoms with E-state index in [2.05, 4.69) is 18.0 Å². The lowest BCUT2D eigenvalue weighted by atomic mass is 11.4. The fourth-order valence-electron chi connectivity index (χ4n) is 0. The largest absolute Gasteiger partial charge is 0.487 e. The van der Waals surface area contributed by atoms with Crippen molar-refractivity contribution in [3.05, 3.63) is 0 Å². The summed E-state index contributed by atoms with van der Waals surface area (Å²) in [5.41, 5.74) is 4.40. The summed E-state index contributed by atoms with van der Waals surface area (Å²) in [4.78, 5) is 0. The molecule has 0 aromatic heterocycles. The Bertz CT molecular complexity index is 38.5. The van der Waals surface area contributed by atoms with Crippen LogP contribution >= 0.6 is 12.2 Å². The Kier molecular flexibility index (Phi) is 13.7. The van der Waals surface area contributed by atoms with Gasteiger partial charge in [0.2, 0.25) is 10.6 Å². The predicted octanol–water partition coefficient (Wildman–Crippen LogP) is -0.976. The highest BCUT2D eigenvalue weighted by atomic mass is 32.1. The minimum atomic E-state index is -0.500. The van der Waals surface area contributed by atoms with Gasteiger partial charge in [-0.15, -0.1) is 0 Å². The molecule has 0 fully saturated rings. The summed E-state index contributed by atoms with van der Waals surface area (Å²) in [6.45, 7) is 0. The van der Waals surface area contributed by atoms with Crippen LogP contribution in [0.3, 0.4) is 0 Å². The van der Waals surface area contributed by atoms with Crippen LogP contribution < -0.4 is 5.73 Å². The van der Waals surface area contributed by atoms with Crippen LogP contribution in [0.15, 0.2) is 0 Å². The van der Waals surface area contributed by atoms with E-state index in [1.807, 2.05) is 0 Å². The molecule has 0 saturated carbocycles. The number of nitrogens with two attached hydrogens (primary N) is 1. The van der Waals surface area contributed by atoms with Crippen molar-refractivity contribution in [1.29, 1.82) is 0 Å². The Morgan fingerprint density at radius 1 is 1.83 bits per heavy atom. The summed E-state index contributed by atoms with van der Waals surface area (Å²) in [5.74, 6) is 0. The quantitative estimate of drug-likeness (QED) is 0.250. The summed E-state index contributed by atoms with van der Waals surface area (Å²) < 4.78 is 9.64. The summed E-state index contributed by atoms with van der Waals surface area (Å²) in [6, 6.07) is 0. The first-order valence-corrected chi connectivity index (χ1v) is 2.26. The molecule has 0 aromatic carbocycles. The van der Waals surface area contributed by atoms with Crippen molar-refractivity contribution in [3.8, 4) is 0 Å². The zero-order valence-corrected chi connectivity index (χ0v) is 6.13. The Balaban J connectivity index is 0. The fraction of sp³-hybridized carbons (Fsp3) is 0. The Morgan fingerprint density at radius 3 is 1.83 bits per heavy atom. The van der Waals surface area contributed by atoms with Crippen LogP contribution in [-0.2, 0) is 0 Å². The highest BCUT2D eigenvalue weighted by molar-refractivity contribution is 7.79. The Labute approximate surface area is 43.7 Å². The number of rotatable bonds is 0. The highest BCUT2D eigenvalue weighted by Gasteiger charge is 1.57. The number of hydrogen-bond acceptors (Lipinski definition) is 1. The first kappa shape index (κ1) is 9.28. The molecule has 0 aliphatic carbocycles. The van der Waals surface area contributed by atoms with Crippen LogP contribution in [0.2, 0.25) is 0 Å². The summed E-state index contributed by atoms with van der Waals surface area (Å²) in [7, 11) is -0.194. The van der Waals surface area contributed by atoms with Crippen molar-refractivity contribution in [3.63, 3.8) is 0 Å². The maximum atomic E-state index is 9.64. The molecule has 0 aromatic rings. The molecule has 0 saturated heterocycles. The molecule has 0 amide bonds. The van der Waals surface area contributed by atoms with Gasteiger partial charge in [0.25, 0.3) is 5.17 Å². The van der Waals surface area contributed by atoms with Crippen LogP contribution in [0.5, 0.6) is 0 Å². The molecule has 0 radical (unpaired) electrons. The van der Waals surface area contributed by atoms with Crippen LogP contribution in [0, 0.1) is 0 Å². The van der Waals surface area contributed by atoms with Gasteiger partial charge >= 0.3 is 0 Å². The second-order valence-electron chi connectivity index (χ2n) is 0.338. The van der Waals surface area contributed by atoms with Gasteiger partial charge in [0, 0.05) is 0 Å². The number of aliphatic hydroxyl groups is 1. The standard InChI is InChI=1S/CH3NOS.FH3Si/c2-1(3)4;1-2/h(H3,2,3,4);2H3. The van der Waals surface area contributed by atoms with Crippen LogP contribution in [0.25, 0.3) is 0 Å². The molecule has 5 heteroatoms. The third kappa shape index (κ3) is 1160. The number of halogens is 1. The summed E-state index contributed by atoms with van der Waals surface area (Å²) in [6.07, 6.45) is 0. The lowest BCUT2D eigenvalue weighted by Gasteiger charge is -1.67. The zero-order valence-electron chi connectivity index (χ0n) is 3.31. The zero-order chi connectivity index (χ0) is 5.58. The molecule has 3 N–H and O–H groups in total. The normalized spacial score (nSPS) is 5.50. The molecule has 0 rings (SSSR count). The fourth-order valence-corrected chi connectivity index (χ4v) is 0. The first-order chi connectivity index (χ1) is 2.73. The van der Waals surface area contributed by atoms with Crippen LogP contribution in [0.1, 0.15) is 0 Å². The lowest BCUT2D eigenvalue weighted by molar-refractivity contribution is 0.560. The SMILES string of the molecule is F[SiH3].NC(O)=S. The predicted molar refractivity (Wildman–Crippen MR) is 30.5 cm³/mol. The molecule has 6 heavy (non-hydrogen) atoms. The van der Waals surface area contributed by atoms with Gasteiger partial charge in [0.1, 0.15) is 0 Å². The molecule has 0 unspecified atom stereocenters. The lowest BCUT2D eigenvalue weighted by Crippen LogP contribution is -2.03. The molecular weight excluding hydrogens is 121 g/mol. The smallest absolute Gasteiger partial charge is 0.251 e. The van der Waals surface area contributed by atoms with Crippen molar-refractivity contribution in [1.82, 2.24) is 0 Å². The third-order valence-corrected chi connectivity index (χ3v) is 0. The summed E-state index contributed by atoms with van der Waals surface area (Å²) in [5, 5.41) is 7.06. The van der Waals surface area contributed by atoms with Crippen LogP contribution in [-0.4, -0.2) is 20.9 Å².